The molecule has 2 aromatic rings. The van der Waals surface area contributed by atoms with E-state index in [0.29, 0.717) is 12.8 Å². The summed E-state index contributed by atoms with van der Waals surface area (Å²) >= 11 is 1.51. The van der Waals surface area contributed by atoms with Crippen molar-refractivity contribution in [2.24, 2.45) is 0 Å². The van der Waals surface area contributed by atoms with Gasteiger partial charge >= 0.3 is 0 Å². The van der Waals surface area contributed by atoms with Gasteiger partial charge in [-0.05, 0) is 32.1 Å². The van der Waals surface area contributed by atoms with Crippen LogP contribution in [0.25, 0.3) is 4.96 Å². The average molecular weight is 347 g/mol. The Kier molecular flexibility index (Phi) is 5.60. The molecular formula is C17H25N5OS. The van der Waals surface area contributed by atoms with E-state index < -0.39 is 0 Å². The number of aromatic nitrogens is 4. The Hall–Kier alpha value is -1.76. The third-order valence-corrected chi connectivity index (χ3v) is 5.25. The first-order valence-electron chi connectivity index (χ1n) is 8.79. The largest absolute Gasteiger partial charge is 0.356 e. The molecule has 3 rings (SSSR count). The fourth-order valence-electron chi connectivity index (χ4n) is 2.94. The van der Waals surface area contributed by atoms with Crippen molar-refractivity contribution in [1.82, 2.24) is 25.1 Å². The van der Waals surface area contributed by atoms with Crippen LogP contribution in [0, 0.1) is 0 Å². The quantitative estimate of drug-likeness (QED) is 0.780. The molecule has 0 aliphatic heterocycles. The van der Waals surface area contributed by atoms with Crippen LogP contribution in [-0.4, -0.2) is 32.3 Å². The Morgan fingerprint density at radius 2 is 2.21 bits per heavy atom. The van der Waals surface area contributed by atoms with Crippen LogP contribution in [-0.2, 0) is 11.2 Å². The number of carbonyl (C=O) groups is 1. The molecule has 24 heavy (non-hydrogen) atoms. The second kappa shape index (κ2) is 7.88. The second-order valence-corrected chi connectivity index (χ2v) is 7.65. The lowest BCUT2D eigenvalue weighted by atomic mass is 9.97. The molecule has 7 heteroatoms. The molecular weight excluding hydrogens is 322 g/mol. The molecule has 2 aromatic heterocycles. The molecule has 1 aliphatic carbocycles. The lowest BCUT2D eigenvalue weighted by Gasteiger charge is -2.12. The molecule has 0 aromatic carbocycles. The van der Waals surface area contributed by atoms with E-state index in [4.69, 9.17) is 0 Å². The van der Waals surface area contributed by atoms with Gasteiger partial charge in [0.2, 0.25) is 10.9 Å². The van der Waals surface area contributed by atoms with Crippen molar-refractivity contribution in [1.29, 1.82) is 0 Å². The standard InChI is InChI=1S/C17H25N5OS/c1-12(2)16-19-20-17-22(16)21-15(24-17)9-8-14(23)18-11-10-13-6-4-3-5-7-13/h6,12H,3-5,7-11H2,1-2H3,(H,18,23). The summed E-state index contributed by atoms with van der Waals surface area (Å²) in [5, 5.41) is 16.8. The normalized spacial score (nSPS) is 15.0. The first-order valence-corrected chi connectivity index (χ1v) is 9.60. The lowest BCUT2D eigenvalue weighted by molar-refractivity contribution is -0.121. The van der Waals surface area contributed by atoms with Crippen LogP contribution in [0.1, 0.15) is 69.1 Å². The van der Waals surface area contributed by atoms with Gasteiger partial charge in [-0.15, -0.1) is 10.2 Å². The maximum Gasteiger partial charge on any atom is 0.234 e. The zero-order chi connectivity index (χ0) is 16.9. The fraction of sp³-hybridized carbons (Fsp3) is 0.647. The minimum atomic E-state index is 0.0986. The van der Waals surface area contributed by atoms with Gasteiger partial charge in [-0.25, -0.2) is 0 Å². The third-order valence-electron chi connectivity index (χ3n) is 4.29. The molecule has 2 heterocycles. The third kappa shape index (κ3) is 4.20. The van der Waals surface area contributed by atoms with E-state index in [2.05, 4.69) is 40.5 Å². The summed E-state index contributed by atoms with van der Waals surface area (Å²) in [6.07, 6.45) is 9.44. The highest BCUT2D eigenvalue weighted by molar-refractivity contribution is 7.16. The summed E-state index contributed by atoms with van der Waals surface area (Å²) in [6.45, 7) is 4.89. The number of aryl methyl sites for hydroxylation is 1. The number of amides is 1. The zero-order valence-electron chi connectivity index (χ0n) is 14.4. The number of rotatable bonds is 7. The number of nitrogens with one attached hydrogen (secondary N) is 1. The van der Waals surface area contributed by atoms with Crippen molar-refractivity contribution < 1.29 is 4.79 Å². The molecule has 0 spiro atoms. The maximum absolute atomic E-state index is 12.0. The van der Waals surface area contributed by atoms with Crippen molar-refractivity contribution in [3.63, 3.8) is 0 Å². The highest BCUT2D eigenvalue weighted by Gasteiger charge is 2.14. The van der Waals surface area contributed by atoms with Gasteiger partial charge in [0.15, 0.2) is 5.82 Å². The van der Waals surface area contributed by atoms with E-state index in [1.807, 2.05) is 0 Å². The molecule has 0 unspecified atom stereocenters. The molecule has 0 fully saturated rings. The Labute approximate surface area is 146 Å². The SMILES string of the molecule is CC(C)c1nnc2sc(CCC(=O)NCCC3=CCCCC3)nn12. The van der Waals surface area contributed by atoms with Crippen LogP contribution in [0.4, 0.5) is 0 Å². The van der Waals surface area contributed by atoms with E-state index in [1.165, 1.54) is 42.6 Å². The number of hydrogen-bond donors (Lipinski definition) is 1. The highest BCUT2D eigenvalue weighted by Crippen LogP contribution is 2.20. The van der Waals surface area contributed by atoms with Crippen molar-refractivity contribution in [2.75, 3.05) is 6.54 Å². The smallest absolute Gasteiger partial charge is 0.234 e. The molecule has 130 valence electrons. The zero-order valence-corrected chi connectivity index (χ0v) is 15.2. The minimum Gasteiger partial charge on any atom is -0.356 e. The summed E-state index contributed by atoms with van der Waals surface area (Å²) in [5.41, 5.74) is 1.50. The van der Waals surface area contributed by atoms with E-state index in [0.717, 1.165) is 28.8 Å². The van der Waals surface area contributed by atoms with Crippen LogP contribution < -0.4 is 5.32 Å². The molecule has 1 N–H and O–H groups in total. The molecule has 0 atom stereocenters. The fourth-order valence-corrected chi connectivity index (χ4v) is 3.78. The summed E-state index contributed by atoms with van der Waals surface area (Å²) in [4.78, 5) is 12.8. The Balaban J connectivity index is 1.45. The summed E-state index contributed by atoms with van der Waals surface area (Å²) in [5.74, 6) is 1.26. The van der Waals surface area contributed by atoms with Gasteiger partial charge in [0, 0.05) is 25.3 Å². The van der Waals surface area contributed by atoms with Crippen molar-refractivity contribution in [3.8, 4) is 0 Å². The monoisotopic (exact) mass is 347 g/mol. The predicted molar refractivity (Wildman–Crippen MR) is 95.2 cm³/mol. The minimum absolute atomic E-state index is 0.0986. The van der Waals surface area contributed by atoms with Gasteiger partial charge in [-0.1, -0.05) is 36.8 Å². The van der Waals surface area contributed by atoms with Crippen molar-refractivity contribution >= 4 is 22.2 Å². The molecule has 0 bridgehead atoms. The van der Waals surface area contributed by atoms with Gasteiger partial charge in [-0.2, -0.15) is 9.61 Å². The van der Waals surface area contributed by atoms with E-state index in [1.54, 1.807) is 4.52 Å². The molecule has 0 radical (unpaired) electrons. The first kappa shape index (κ1) is 17.1. The summed E-state index contributed by atoms with van der Waals surface area (Å²) in [7, 11) is 0. The number of fused-ring (bicyclic) bond motifs is 1. The number of allylic oxidation sites excluding steroid dienone is 1. The van der Waals surface area contributed by atoms with Crippen LogP contribution in [0.5, 0.6) is 0 Å². The molecule has 1 aliphatic rings. The Morgan fingerprint density at radius 1 is 1.33 bits per heavy atom. The lowest BCUT2D eigenvalue weighted by Crippen LogP contribution is -2.25. The molecule has 6 nitrogen and oxygen atoms in total. The number of hydrogen-bond acceptors (Lipinski definition) is 5. The van der Waals surface area contributed by atoms with E-state index in [9.17, 15) is 4.79 Å². The van der Waals surface area contributed by atoms with Crippen LogP contribution >= 0.6 is 11.3 Å². The van der Waals surface area contributed by atoms with Gasteiger partial charge in [-0.3, -0.25) is 4.79 Å². The molecule has 1 amide bonds. The van der Waals surface area contributed by atoms with Gasteiger partial charge in [0.25, 0.3) is 0 Å². The van der Waals surface area contributed by atoms with Gasteiger partial charge in [0.1, 0.15) is 5.01 Å². The van der Waals surface area contributed by atoms with Crippen molar-refractivity contribution in [2.45, 2.75) is 64.7 Å². The summed E-state index contributed by atoms with van der Waals surface area (Å²) < 4.78 is 1.80. The maximum atomic E-state index is 12.0. The Morgan fingerprint density at radius 3 is 2.96 bits per heavy atom. The van der Waals surface area contributed by atoms with Gasteiger partial charge < -0.3 is 5.32 Å². The predicted octanol–water partition coefficient (Wildman–Crippen LogP) is 3.25. The first-order chi connectivity index (χ1) is 11.6. The second-order valence-electron chi connectivity index (χ2n) is 6.61. The van der Waals surface area contributed by atoms with E-state index in [-0.39, 0.29) is 11.8 Å². The molecule has 0 saturated carbocycles. The van der Waals surface area contributed by atoms with E-state index >= 15 is 0 Å². The molecule has 0 saturated heterocycles. The van der Waals surface area contributed by atoms with Crippen molar-refractivity contribution in [3.05, 3.63) is 22.5 Å². The topological polar surface area (TPSA) is 72.2 Å². The Bertz CT molecular complexity index is 730. The van der Waals surface area contributed by atoms with Gasteiger partial charge in [0.05, 0.1) is 0 Å². The van der Waals surface area contributed by atoms with Crippen LogP contribution in [0.3, 0.4) is 0 Å². The number of carbonyl (C=O) groups excluding carboxylic acids is 1. The highest BCUT2D eigenvalue weighted by atomic mass is 32.1. The average Bonchev–Trinajstić information content (AvgIpc) is 3.13. The van der Waals surface area contributed by atoms with Crippen LogP contribution in [0.2, 0.25) is 0 Å². The number of nitrogens with zero attached hydrogens (tertiary/aromatic N) is 4. The van der Waals surface area contributed by atoms with Crippen LogP contribution in [0.15, 0.2) is 11.6 Å². The summed E-state index contributed by atoms with van der Waals surface area (Å²) in [6, 6.07) is 0.